The Morgan fingerprint density at radius 1 is 1.31 bits per heavy atom. The third-order valence-corrected chi connectivity index (χ3v) is 1.60. The number of hydrogen-bond acceptors (Lipinski definition) is 5. The van der Waals surface area contributed by atoms with Crippen LogP contribution in [0, 0.1) is 0 Å². The fourth-order valence-electron chi connectivity index (χ4n) is 1.07. The molecule has 0 bridgehead atoms. The highest BCUT2D eigenvalue weighted by atomic mass is 16.4. The largest absolute Gasteiger partial charge is 0.480 e. The minimum absolute atomic E-state index is 0.157. The lowest BCUT2D eigenvalue weighted by Gasteiger charge is -2.22. The lowest BCUT2D eigenvalue weighted by molar-refractivity contribution is -0.134. The van der Waals surface area contributed by atoms with Gasteiger partial charge in [0.2, 0.25) is 0 Å². The van der Waals surface area contributed by atoms with Gasteiger partial charge in [-0.15, -0.1) is 0 Å². The maximum atomic E-state index is 10.4. The van der Waals surface area contributed by atoms with Crippen molar-refractivity contribution in [1.82, 2.24) is 9.97 Å². The number of nitrogens with one attached hydrogen (secondary N) is 2. The Hall–Kier alpha value is -1.85. The third-order valence-electron chi connectivity index (χ3n) is 1.60. The first-order valence-corrected chi connectivity index (χ1v) is 4.93. The topological polar surface area (TPSA) is 87.1 Å². The second-order valence-corrected chi connectivity index (χ2v) is 4.38. The van der Waals surface area contributed by atoms with Crippen LogP contribution in [-0.4, -0.2) is 33.1 Å². The summed E-state index contributed by atoms with van der Waals surface area (Å²) in [5, 5.41) is 14.4. The Labute approximate surface area is 94.1 Å². The molecule has 0 saturated carbocycles. The van der Waals surface area contributed by atoms with E-state index in [1.807, 2.05) is 20.8 Å². The highest BCUT2D eigenvalue weighted by Gasteiger charge is 2.14. The summed E-state index contributed by atoms with van der Waals surface area (Å²) in [4.78, 5) is 18.6. The molecular weight excluding hydrogens is 208 g/mol. The number of rotatable bonds is 4. The second kappa shape index (κ2) is 4.78. The lowest BCUT2D eigenvalue weighted by Crippen LogP contribution is -2.28. The minimum atomic E-state index is -0.938. The highest BCUT2D eigenvalue weighted by molar-refractivity contribution is 5.74. The number of carboxylic acid groups (broad SMARTS) is 1. The first-order valence-electron chi connectivity index (χ1n) is 4.93. The molecule has 6 heteroatoms. The van der Waals surface area contributed by atoms with Gasteiger partial charge in [0.1, 0.15) is 6.54 Å². The van der Waals surface area contributed by atoms with Gasteiger partial charge >= 0.3 is 5.97 Å². The zero-order chi connectivity index (χ0) is 12.2. The Morgan fingerprint density at radius 3 is 2.38 bits per heavy atom. The van der Waals surface area contributed by atoms with E-state index in [2.05, 4.69) is 20.6 Å². The first kappa shape index (κ1) is 12.2. The monoisotopic (exact) mass is 224 g/mol. The summed E-state index contributed by atoms with van der Waals surface area (Å²) in [6.07, 6.45) is 3.07. The Kier molecular flexibility index (Phi) is 3.65. The van der Waals surface area contributed by atoms with Gasteiger partial charge in [-0.3, -0.25) is 4.79 Å². The predicted molar refractivity (Wildman–Crippen MR) is 61.5 cm³/mol. The Morgan fingerprint density at radius 2 is 1.88 bits per heavy atom. The van der Waals surface area contributed by atoms with Gasteiger partial charge < -0.3 is 15.7 Å². The maximum Gasteiger partial charge on any atom is 0.322 e. The van der Waals surface area contributed by atoms with Gasteiger partial charge in [0.15, 0.2) is 11.6 Å². The molecule has 1 aromatic rings. The van der Waals surface area contributed by atoms with Crippen molar-refractivity contribution in [1.29, 1.82) is 0 Å². The average Bonchev–Trinajstić information content (AvgIpc) is 2.14. The van der Waals surface area contributed by atoms with E-state index in [4.69, 9.17) is 5.11 Å². The van der Waals surface area contributed by atoms with E-state index in [1.54, 1.807) is 6.20 Å². The molecule has 0 amide bonds. The van der Waals surface area contributed by atoms with Crippen LogP contribution in [0.25, 0.3) is 0 Å². The van der Waals surface area contributed by atoms with E-state index in [1.165, 1.54) is 6.20 Å². The van der Waals surface area contributed by atoms with Crippen molar-refractivity contribution >= 4 is 17.6 Å². The molecule has 0 radical (unpaired) electrons. The number of hydrogen-bond donors (Lipinski definition) is 3. The quantitative estimate of drug-likeness (QED) is 0.712. The van der Waals surface area contributed by atoms with Crippen molar-refractivity contribution in [3.8, 4) is 0 Å². The second-order valence-electron chi connectivity index (χ2n) is 4.38. The smallest absolute Gasteiger partial charge is 0.322 e. The molecule has 1 rings (SSSR count). The van der Waals surface area contributed by atoms with Crippen LogP contribution in [0.5, 0.6) is 0 Å². The van der Waals surface area contributed by atoms with Gasteiger partial charge in [-0.25, -0.2) is 9.97 Å². The minimum Gasteiger partial charge on any atom is -0.480 e. The molecule has 0 saturated heterocycles. The van der Waals surface area contributed by atoms with Crippen LogP contribution in [0.2, 0.25) is 0 Å². The van der Waals surface area contributed by atoms with Crippen LogP contribution in [0.15, 0.2) is 12.4 Å². The third kappa shape index (κ3) is 4.12. The van der Waals surface area contributed by atoms with Crippen LogP contribution in [0.1, 0.15) is 20.8 Å². The van der Waals surface area contributed by atoms with Gasteiger partial charge in [0.25, 0.3) is 0 Å². The number of nitrogens with zero attached hydrogens (tertiary/aromatic N) is 2. The zero-order valence-corrected chi connectivity index (χ0v) is 9.61. The molecule has 88 valence electrons. The van der Waals surface area contributed by atoms with E-state index in [9.17, 15) is 4.79 Å². The van der Waals surface area contributed by atoms with E-state index >= 15 is 0 Å². The molecule has 0 aromatic carbocycles. The molecule has 0 aliphatic rings. The van der Waals surface area contributed by atoms with Gasteiger partial charge in [-0.05, 0) is 20.8 Å². The molecule has 0 aliphatic heterocycles. The summed E-state index contributed by atoms with van der Waals surface area (Å²) in [6.45, 7) is 5.78. The Bertz CT molecular complexity index is 373. The molecule has 6 nitrogen and oxygen atoms in total. The highest BCUT2D eigenvalue weighted by Crippen LogP contribution is 2.18. The van der Waals surface area contributed by atoms with Gasteiger partial charge in [0.05, 0.1) is 0 Å². The molecule has 1 aromatic heterocycles. The van der Waals surface area contributed by atoms with E-state index < -0.39 is 5.97 Å². The molecule has 0 aliphatic carbocycles. The normalized spacial score (nSPS) is 10.9. The summed E-state index contributed by atoms with van der Waals surface area (Å²) in [5.41, 5.74) is -0.157. The number of anilines is 2. The van der Waals surface area contributed by atoms with Crippen LogP contribution in [0.3, 0.4) is 0 Å². The van der Waals surface area contributed by atoms with E-state index in [0.717, 1.165) is 0 Å². The summed E-state index contributed by atoms with van der Waals surface area (Å²) in [7, 11) is 0. The molecule has 0 atom stereocenters. The standard InChI is InChI=1S/C10H16N4O2/c1-10(2,3)14-9-8(11-4-5-12-9)13-6-7(15)16/h4-5H,6H2,1-3H3,(H,11,13)(H,12,14)(H,15,16). The molecule has 1 heterocycles. The molecule has 0 spiro atoms. The summed E-state index contributed by atoms with van der Waals surface area (Å²) >= 11 is 0. The number of aliphatic carboxylic acids is 1. The SMILES string of the molecule is CC(C)(C)Nc1nccnc1NCC(=O)O. The maximum absolute atomic E-state index is 10.4. The van der Waals surface area contributed by atoms with Crippen molar-refractivity contribution in [3.63, 3.8) is 0 Å². The molecule has 3 N–H and O–H groups in total. The summed E-state index contributed by atoms with van der Waals surface area (Å²) < 4.78 is 0. The van der Waals surface area contributed by atoms with Crippen molar-refractivity contribution in [2.75, 3.05) is 17.2 Å². The van der Waals surface area contributed by atoms with E-state index in [0.29, 0.717) is 11.6 Å². The molecule has 0 unspecified atom stereocenters. The molecule has 16 heavy (non-hydrogen) atoms. The van der Waals surface area contributed by atoms with Crippen molar-refractivity contribution in [2.24, 2.45) is 0 Å². The van der Waals surface area contributed by atoms with Crippen LogP contribution >= 0.6 is 0 Å². The molecule has 0 fully saturated rings. The zero-order valence-electron chi connectivity index (χ0n) is 9.61. The van der Waals surface area contributed by atoms with Gasteiger partial charge in [0, 0.05) is 17.9 Å². The average molecular weight is 224 g/mol. The first-order chi connectivity index (χ1) is 7.38. The summed E-state index contributed by atoms with van der Waals surface area (Å²) in [6, 6.07) is 0. The van der Waals surface area contributed by atoms with Crippen molar-refractivity contribution in [2.45, 2.75) is 26.3 Å². The van der Waals surface area contributed by atoms with E-state index in [-0.39, 0.29) is 12.1 Å². The van der Waals surface area contributed by atoms with Gasteiger partial charge in [-0.2, -0.15) is 0 Å². The number of carbonyl (C=O) groups is 1. The van der Waals surface area contributed by atoms with Crippen LogP contribution in [0.4, 0.5) is 11.6 Å². The Balaban J connectivity index is 2.79. The van der Waals surface area contributed by atoms with Crippen LogP contribution < -0.4 is 10.6 Å². The van der Waals surface area contributed by atoms with Gasteiger partial charge in [-0.1, -0.05) is 0 Å². The van der Waals surface area contributed by atoms with Crippen LogP contribution in [-0.2, 0) is 4.79 Å². The molecular formula is C10H16N4O2. The summed E-state index contributed by atoms with van der Waals surface area (Å²) in [5.74, 6) is 0.0587. The predicted octanol–water partition coefficient (Wildman–Crippen LogP) is 1.18. The fraction of sp³-hybridized carbons (Fsp3) is 0.500. The number of carboxylic acids is 1. The fourth-order valence-corrected chi connectivity index (χ4v) is 1.07. The van der Waals surface area contributed by atoms with Crippen molar-refractivity contribution < 1.29 is 9.90 Å². The lowest BCUT2D eigenvalue weighted by atomic mass is 10.1. The van der Waals surface area contributed by atoms with Crippen molar-refractivity contribution in [3.05, 3.63) is 12.4 Å². The number of aromatic nitrogens is 2.